The normalized spacial score (nSPS) is 12.4. The molecule has 0 unspecified atom stereocenters. The molecule has 5 nitrogen and oxygen atoms in total. The molecule has 0 radical (unpaired) electrons. The lowest BCUT2D eigenvalue weighted by Gasteiger charge is -2.10. The number of thioether (sulfide) groups is 1. The van der Waals surface area contributed by atoms with Crippen LogP contribution in [0.5, 0.6) is 0 Å². The predicted octanol–water partition coefficient (Wildman–Crippen LogP) is 2.41. The number of H-pyrrole nitrogens is 1. The van der Waals surface area contributed by atoms with Crippen LogP contribution in [0.2, 0.25) is 0 Å². The van der Waals surface area contributed by atoms with Crippen molar-refractivity contribution in [2.45, 2.75) is 17.2 Å². The van der Waals surface area contributed by atoms with E-state index < -0.39 is 0 Å². The molecule has 0 spiro atoms. The van der Waals surface area contributed by atoms with Crippen molar-refractivity contribution in [2.75, 3.05) is 0 Å². The Bertz CT molecular complexity index is 847. The van der Waals surface area contributed by atoms with E-state index in [0.717, 1.165) is 4.73 Å². The molecule has 0 aliphatic rings. The van der Waals surface area contributed by atoms with E-state index in [0.29, 0.717) is 21.8 Å². The first-order chi connectivity index (χ1) is 10.1. The number of nitrogens with one attached hydrogen (secondary N) is 1. The van der Waals surface area contributed by atoms with Gasteiger partial charge in [0.2, 0.25) is 0 Å². The second-order valence-electron chi connectivity index (χ2n) is 4.59. The monoisotopic (exact) mass is 299 g/mol. The summed E-state index contributed by atoms with van der Waals surface area (Å²) in [5.74, 6) is 0.563. The van der Waals surface area contributed by atoms with Crippen molar-refractivity contribution in [1.29, 1.82) is 0 Å². The Morgan fingerprint density at radius 2 is 2.00 bits per heavy atom. The maximum absolute atomic E-state index is 12.1. The first-order valence-corrected chi connectivity index (χ1v) is 7.37. The fourth-order valence-electron chi connectivity index (χ4n) is 2.04. The number of para-hydroxylation sites is 1. The minimum absolute atomic E-state index is 0.134. The number of aromatic amines is 1. The minimum atomic E-state index is -0.161. The lowest BCUT2D eigenvalue weighted by atomic mass is 10.2. The summed E-state index contributed by atoms with van der Waals surface area (Å²) < 4.78 is 0.806. The quantitative estimate of drug-likeness (QED) is 0.458. The summed E-state index contributed by atoms with van der Waals surface area (Å²) in [7, 11) is 0. The largest absolute Gasteiger partial charge is 0.618 e. The maximum atomic E-state index is 12.1. The van der Waals surface area contributed by atoms with Crippen molar-refractivity contribution in [3.8, 4) is 0 Å². The van der Waals surface area contributed by atoms with Gasteiger partial charge in [0.25, 0.3) is 10.6 Å². The van der Waals surface area contributed by atoms with E-state index in [1.807, 2.05) is 19.1 Å². The Balaban J connectivity index is 1.97. The Morgan fingerprint density at radius 1 is 1.24 bits per heavy atom. The molecule has 3 aromatic rings. The van der Waals surface area contributed by atoms with Gasteiger partial charge in [0.05, 0.1) is 16.2 Å². The molecule has 0 fully saturated rings. The lowest BCUT2D eigenvalue weighted by molar-refractivity contribution is -0.645. The van der Waals surface area contributed by atoms with Gasteiger partial charge in [0.1, 0.15) is 5.82 Å². The van der Waals surface area contributed by atoms with E-state index in [1.165, 1.54) is 18.0 Å². The number of benzene rings is 1. The highest BCUT2D eigenvalue weighted by molar-refractivity contribution is 7.99. The Hall–Kier alpha value is -2.34. The standard InChI is InChI=1S/C15H13N3O2S/c1-10(21-13-8-4-5-9-18(13)20)14-16-12-7-3-2-6-11(12)15(19)17-14/h2-10H,1H3,(H,16,17,19)/t10-/m1/s1. The highest BCUT2D eigenvalue weighted by Gasteiger charge is 2.16. The van der Waals surface area contributed by atoms with Gasteiger partial charge >= 0.3 is 0 Å². The number of nitrogens with zero attached hydrogens (tertiary/aromatic N) is 2. The smallest absolute Gasteiger partial charge is 0.258 e. The van der Waals surface area contributed by atoms with Gasteiger partial charge in [-0.15, -0.1) is 0 Å². The molecule has 21 heavy (non-hydrogen) atoms. The van der Waals surface area contributed by atoms with Crippen molar-refractivity contribution in [3.63, 3.8) is 0 Å². The van der Waals surface area contributed by atoms with Gasteiger partial charge in [0, 0.05) is 12.1 Å². The van der Waals surface area contributed by atoms with Crippen LogP contribution in [0.1, 0.15) is 18.0 Å². The first kappa shape index (κ1) is 13.6. The van der Waals surface area contributed by atoms with Gasteiger partial charge < -0.3 is 10.2 Å². The summed E-state index contributed by atoms with van der Waals surface area (Å²) in [6.07, 6.45) is 1.45. The average Bonchev–Trinajstić information content (AvgIpc) is 2.49. The van der Waals surface area contributed by atoms with Crippen LogP contribution in [0.15, 0.2) is 58.5 Å². The fourth-order valence-corrected chi connectivity index (χ4v) is 2.95. The van der Waals surface area contributed by atoms with Gasteiger partial charge in [-0.1, -0.05) is 12.1 Å². The van der Waals surface area contributed by atoms with Gasteiger partial charge in [-0.25, -0.2) is 4.98 Å². The molecule has 0 saturated carbocycles. The fraction of sp³-hybridized carbons (Fsp3) is 0.133. The second-order valence-corrected chi connectivity index (χ2v) is 5.95. The van der Waals surface area contributed by atoms with Crippen LogP contribution in [-0.2, 0) is 0 Å². The van der Waals surface area contributed by atoms with Crippen LogP contribution in [0, 0.1) is 5.21 Å². The molecule has 2 aromatic heterocycles. The topological polar surface area (TPSA) is 72.7 Å². The predicted molar refractivity (Wildman–Crippen MR) is 82.0 cm³/mol. The molecular formula is C15H13N3O2S. The third kappa shape index (κ3) is 2.75. The zero-order valence-corrected chi connectivity index (χ0v) is 12.1. The van der Waals surface area contributed by atoms with Crippen LogP contribution >= 0.6 is 11.8 Å². The number of hydrogen-bond acceptors (Lipinski definition) is 4. The van der Waals surface area contributed by atoms with Crippen LogP contribution in [-0.4, -0.2) is 9.97 Å². The molecule has 0 bridgehead atoms. The van der Waals surface area contributed by atoms with Crippen LogP contribution in [0.4, 0.5) is 0 Å². The highest BCUT2D eigenvalue weighted by atomic mass is 32.2. The molecule has 1 aromatic carbocycles. The van der Waals surface area contributed by atoms with Gasteiger partial charge in [-0.05, 0) is 36.9 Å². The van der Waals surface area contributed by atoms with Crippen molar-refractivity contribution >= 4 is 22.7 Å². The first-order valence-electron chi connectivity index (χ1n) is 6.49. The number of fused-ring (bicyclic) bond motifs is 1. The molecule has 106 valence electrons. The summed E-state index contributed by atoms with van der Waals surface area (Å²) in [6.45, 7) is 1.91. The average molecular weight is 299 g/mol. The third-order valence-corrected chi connectivity index (χ3v) is 4.24. The zero-order chi connectivity index (χ0) is 14.8. The molecule has 0 saturated heterocycles. The number of hydrogen-bond donors (Lipinski definition) is 1. The van der Waals surface area contributed by atoms with Crippen molar-refractivity contribution in [1.82, 2.24) is 9.97 Å². The summed E-state index contributed by atoms with van der Waals surface area (Å²) >= 11 is 1.36. The SMILES string of the molecule is C[C@@H](Sc1cccc[n+]1[O-])c1nc2ccccc2c(=O)[nH]1. The summed E-state index contributed by atoms with van der Waals surface area (Å²) in [5.41, 5.74) is 0.498. The van der Waals surface area contributed by atoms with E-state index >= 15 is 0 Å². The maximum Gasteiger partial charge on any atom is 0.258 e. The number of aromatic nitrogens is 3. The van der Waals surface area contributed by atoms with Gasteiger partial charge in [0.15, 0.2) is 6.20 Å². The Labute approximate surface area is 125 Å². The molecular weight excluding hydrogens is 286 g/mol. The third-order valence-electron chi connectivity index (χ3n) is 3.10. The van der Waals surface area contributed by atoms with Crippen LogP contribution in [0.25, 0.3) is 10.9 Å². The molecule has 1 N–H and O–H groups in total. The van der Waals surface area contributed by atoms with E-state index in [9.17, 15) is 10.0 Å². The molecule has 0 aliphatic carbocycles. The Morgan fingerprint density at radius 3 is 2.81 bits per heavy atom. The number of pyridine rings is 1. The second kappa shape index (κ2) is 5.57. The zero-order valence-electron chi connectivity index (χ0n) is 11.3. The van der Waals surface area contributed by atoms with Crippen molar-refractivity contribution < 1.29 is 4.73 Å². The highest BCUT2D eigenvalue weighted by Crippen LogP contribution is 2.30. The van der Waals surface area contributed by atoms with Gasteiger partial charge in [-0.3, -0.25) is 4.79 Å². The molecule has 2 heterocycles. The molecule has 6 heteroatoms. The summed E-state index contributed by atoms with van der Waals surface area (Å²) in [6, 6.07) is 12.4. The van der Waals surface area contributed by atoms with Crippen LogP contribution < -0.4 is 10.3 Å². The summed E-state index contributed by atoms with van der Waals surface area (Å²) in [4.78, 5) is 19.3. The van der Waals surface area contributed by atoms with Gasteiger partial charge in [-0.2, -0.15) is 4.73 Å². The lowest BCUT2D eigenvalue weighted by Crippen LogP contribution is -2.28. The van der Waals surface area contributed by atoms with E-state index in [2.05, 4.69) is 9.97 Å². The molecule has 1 atom stereocenters. The van der Waals surface area contributed by atoms with E-state index in [-0.39, 0.29) is 10.8 Å². The van der Waals surface area contributed by atoms with Crippen LogP contribution in [0.3, 0.4) is 0 Å². The number of rotatable bonds is 3. The molecule has 0 aliphatic heterocycles. The summed E-state index contributed by atoms with van der Waals surface area (Å²) in [5, 5.41) is 12.7. The van der Waals surface area contributed by atoms with Crippen molar-refractivity contribution in [2.24, 2.45) is 0 Å². The Kier molecular flexibility index (Phi) is 3.62. The minimum Gasteiger partial charge on any atom is -0.618 e. The molecule has 3 rings (SSSR count). The van der Waals surface area contributed by atoms with Crippen molar-refractivity contribution in [3.05, 3.63) is 70.0 Å². The van der Waals surface area contributed by atoms with E-state index in [4.69, 9.17) is 0 Å². The van der Waals surface area contributed by atoms with E-state index in [1.54, 1.807) is 30.3 Å². The molecule has 0 amide bonds.